The molecule has 0 radical (unpaired) electrons. The summed E-state index contributed by atoms with van der Waals surface area (Å²) in [6.45, 7) is 0.175. The SMILES string of the molecule is COc1ccc(CC2COc3c(ccc(O)c3O)C2=O)cc1. The molecular weight excluding hydrogens is 284 g/mol. The highest BCUT2D eigenvalue weighted by Gasteiger charge is 2.31. The van der Waals surface area contributed by atoms with E-state index >= 15 is 0 Å². The summed E-state index contributed by atoms with van der Waals surface area (Å²) in [5, 5.41) is 19.2. The van der Waals surface area contributed by atoms with Crippen molar-refractivity contribution in [1.82, 2.24) is 0 Å². The van der Waals surface area contributed by atoms with Gasteiger partial charge in [0, 0.05) is 0 Å². The highest BCUT2D eigenvalue weighted by atomic mass is 16.5. The monoisotopic (exact) mass is 300 g/mol. The maximum absolute atomic E-state index is 12.5. The molecule has 5 heteroatoms. The van der Waals surface area contributed by atoms with Gasteiger partial charge in [0.05, 0.1) is 25.2 Å². The zero-order valence-corrected chi connectivity index (χ0v) is 12.1. The zero-order valence-electron chi connectivity index (χ0n) is 12.1. The number of benzene rings is 2. The molecule has 0 saturated heterocycles. The van der Waals surface area contributed by atoms with Crippen LogP contribution in [0.2, 0.25) is 0 Å². The Bertz CT molecular complexity index is 706. The number of Topliss-reactive ketones (excluding diaryl/α,β-unsaturated/α-hetero) is 1. The maximum atomic E-state index is 12.5. The molecule has 114 valence electrons. The van der Waals surface area contributed by atoms with Crippen molar-refractivity contribution in [3.63, 3.8) is 0 Å². The number of ketones is 1. The van der Waals surface area contributed by atoms with E-state index in [9.17, 15) is 15.0 Å². The van der Waals surface area contributed by atoms with Gasteiger partial charge in [-0.1, -0.05) is 12.1 Å². The highest BCUT2D eigenvalue weighted by molar-refractivity contribution is 6.02. The summed E-state index contributed by atoms with van der Waals surface area (Å²) in [6, 6.07) is 10.3. The second-order valence-corrected chi connectivity index (χ2v) is 5.23. The van der Waals surface area contributed by atoms with Crippen molar-refractivity contribution < 1.29 is 24.5 Å². The number of ether oxygens (including phenoxy) is 2. The van der Waals surface area contributed by atoms with Gasteiger partial charge in [-0.15, -0.1) is 0 Å². The van der Waals surface area contributed by atoms with Crippen molar-refractivity contribution in [2.45, 2.75) is 6.42 Å². The smallest absolute Gasteiger partial charge is 0.201 e. The molecule has 1 unspecified atom stereocenters. The van der Waals surface area contributed by atoms with Gasteiger partial charge in [0.2, 0.25) is 5.75 Å². The van der Waals surface area contributed by atoms with Gasteiger partial charge in [0.15, 0.2) is 17.3 Å². The van der Waals surface area contributed by atoms with Crippen LogP contribution in [0.1, 0.15) is 15.9 Å². The maximum Gasteiger partial charge on any atom is 0.201 e. The van der Waals surface area contributed by atoms with Crippen LogP contribution in [0, 0.1) is 5.92 Å². The lowest BCUT2D eigenvalue weighted by atomic mass is 9.89. The van der Waals surface area contributed by atoms with Crippen molar-refractivity contribution in [2.24, 2.45) is 5.92 Å². The molecule has 1 aliphatic rings. The lowest BCUT2D eigenvalue weighted by Crippen LogP contribution is -2.29. The highest BCUT2D eigenvalue weighted by Crippen LogP contribution is 2.41. The van der Waals surface area contributed by atoms with Crippen LogP contribution in [-0.4, -0.2) is 29.7 Å². The average molecular weight is 300 g/mol. The van der Waals surface area contributed by atoms with Gasteiger partial charge in [0.25, 0.3) is 0 Å². The van der Waals surface area contributed by atoms with E-state index in [1.54, 1.807) is 7.11 Å². The second-order valence-electron chi connectivity index (χ2n) is 5.23. The van der Waals surface area contributed by atoms with E-state index in [0.717, 1.165) is 11.3 Å². The number of phenols is 2. The molecule has 0 spiro atoms. The first-order valence-electron chi connectivity index (χ1n) is 6.95. The fourth-order valence-corrected chi connectivity index (χ4v) is 2.58. The van der Waals surface area contributed by atoms with E-state index in [1.165, 1.54) is 12.1 Å². The van der Waals surface area contributed by atoms with Gasteiger partial charge in [-0.2, -0.15) is 0 Å². The lowest BCUT2D eigenvalue weighted by Gasteiger charge is -2.25. The summed E-state index contributed by atoms with van der Waals surface area (Å²) in [4.78, 5) is 12.5. The first kappa shape index (κ1) is 14.3. The number of carbonyl (C=O) groups excluding carboxylic acids is 1. The quantitative estimate of drug-likeness (QED) is 0.852. The zero-order chi connectivity index (χ0) is 15.7. The molecule has 0 amide bonds. The van der Waals surface area contributed by atoms with Crippen LogP contribution in [0.25, 0.3) is 0 Å². The number of phenolic OH excluding ortho intramolecular Hbond substituents is 2. The van der Waals surface area contributed by atoms with E-state index in [4.69, 9.17) is 9.47 Å². The topological polar surface area (TPSA) is 76.0 Å². The first-order valence-corrected chi connectivity index (χ1v) is 6.95. The van der Waals surface area contributed by atoms with Crippen LogP contribution < -0.4 is 9.47 Å². The second kappa shape index (κ2) is 5.60. The van der Waals surface area contributed by atoms with Crippen molar-refractivity contribution >= 4 is 5.78 Å². The van der Waals surface area contributed by atoms with Crippen molar-refractivity contribution in [1.29, 1.82) is 0 Å². The molecule has 2 aromatic rings. The molecule has 0 fully saturated rings. The molecule has 2 aromatic carbocycles. The summed E-state index contributed by atoms with van der Waals surface area (Å²) in [7, 11) is 1.60. The van der Waals surface area contributed by atoms with Crippen molar-refractivity contribution in [3.05, 3.63) is 47.5 Å². The number of methoxy groups -OCH3 is 1. The predicted octanol–water partition coefficient (Wildman–Crippen LogP) is 2.54. The third-order valence-corrected chi connectivity index (χ3v) is 3.82. The molecule has 22 heavy (non-hydrogen) atoms. The number of fused-ring (bicyclic) bond motifs is 1. The van der Waals surface area contributed by atoms with E-state index in [2.05, 4.69) is 0 Å². The molecule has 2 N–H and O–H groups in total. The Morgan fingerprint density at radius 3 is 2.59 bits per heavy atom. The Labute approximate surface area is 127 Å². The molecule has 1 aliphatic heterocycles. The third-order valence-electron chi connectivity index (χ3n) is 3.82. The van der Waals surface area contributed by atoms with Gasteiger partial charge >= 0.3 is 0 Å². The minimum atomic E-state index is -0.381. The Kier molecular flexibility index (Phi) is 3.63. The third kappa shape index (κ3) is 2.45. The minimum Gasteiger partial charge on any atom is -0.504 e. The molecule has 3 rings (SSSR count). The molecule has 0 saturated carbocycles. The van der Waals surface area contributed by atoms with Crippen molar-refractivity contribution in [3.8, 4) is 23.0 Å². The molecule has 1 heterocycles. The minimum absolute atomic E-state index is 0.0657. The van der Waals surface area contributed by atoms with Gasteiger partial charge in [-0.05, 0) is 36.2 Å². The van der Waals surface area contributed by atoms with Gasteiger partial charge in [-0.25, -0.2) is 0 Å². The summed E-state index contributed by atoms with van der Waals surface area (Å²) in [5.41, 5.74) is 1.31. The van der Waals surface area contributed by atoms with Crippen molar-refractivity contribution in [2.75, 3.05) is 13.7 Å². The Hall–Kier alpha value is -2.69. The van der Waals surface area contributed by atoms with E-state index in [0.29, 0.717) is 12.0 Å². The number of hydrogen-bond acceptors (Lipinski definition) is 5. The summed E-state index contributed by atoms with van der Waals surface area (Å²) in [5.74, 6) is -0.247. The fourth-order valence-electron chi connectivity index (χ4n) is 2.58. The largest absolute Gasteiger partial charge is 0.504 e. The molecule has 0 aromatic heterocycles. The van der Waals surface area contributed by atoms with E-state index < -0.39 is 0 Å². The molecule has 0 bridgehead atoms. The molecule has 5 nitrogen and oxygen atoms in total. The molecular formula is C17H16O5. The standard InChI is InChI=1S/C17H16O5/c1-21-12-4-2-10(3-5-12)8-11-9-22-17-13(15(11)19)6-7-14(18)16(17)20/h2-7,11,18,20H,8-9H2,1H3. The van der Waals surface area contributed by atoms with Crippen LogP contribution in [-0.2, 0) is 6.42 Å². The number of rotatable bonds is 3. The summed E-state index contributed by atoms with van der Waals surface area (Å²) in [6.07, 6.45) is 0.546. The average Bonchev–Trinajstić information content (AvgIpc) is 2.54. The summed E-state index contributed by atoms with van der Waals surface area (Å²) < 4.78 is 10.6. The van der Waals surface area contributed by atoms with Crippen LogP contribution in [0.4, 0.5) is 0 Å². The van der Waals surface area contributed by atoms with Crippen LogP contribution in [0.15, 0.2) is 36.4 Å². The first-order chi connectivity index (χ1) is 10.6. The number of aromatic hydroxyl groups is 2. The molecule has 0 aliphatic carbocycles. The van der Waals surface area contributed by atoms with E-state index in [1.807, 2.05) is 24.3 Å². The number of hydrogen-bond donors (Lipinski definition) is 2. The van der Waals surface area contributed by atoms with Crippen LogP contribution in [0.5, 0.6) is 23.0 Å². The lowest BCUT2D eigenvalue weighted by molar-refractivity contribution is 0.0825. The van der Waals surface area contributed by atoms with Gasteiger partial charge < -0.3 is 19.7 Å². The molecule has 1 atom stereocenters. The Morgan fingerprint density at radius 1 is 1.18 bits per heavy atom. The normalized spacial score (nSPS) is 16.8. The van der Waals surface area contributed by atoms with Gasteiger partial charge in [0.1, 0.15) is 5.75 Å². The Balaban J connectivity index is 1.82. The van der Waals surface area contributed by atoms with Crippen LogP contribution >= 0.6 is 0 Å². The van der Waals surface area contributed by atoms with Crippen LogP contribution in [0.3, 0.4) is 0 Å². The number of carbonyl (C=O) groups is 1. The van der Waals surface area contributed by atoms with Gasteiger partial charge in [-0.3, -0.25) is 4.79 Å². The Morgan fingerprint density at radius 2 is 1.91 bits per heavy atom. The summed E-state index contributed by atoms with van der Waals surface area (Å²) >= 11 is 0. The fraction of sp³-hybridized carbons (Fsp3) is 0.235. The van der Waals surface area contributed by atoms with E-state index in [-0.39, 0.29) is 35.6 Å². The predicted molar refractivity (Wildman–Crippen MR) is 79.8 cm³/mol.